The second-order valence-electron chi connectivity index (χ2n) is 3.27. The van der Waals surface area contributed by atoms with E-state index in [0.717, 1.165) is 18.7 Å². The van der Waals surface area contributed by atoms with Crippen molar-refractivity contribution >= 4 is 0 Å². The third-order valence-corrected chi connectivity index (χ3v) is 2.34. The van der Waals surface area contributed by atoms with Crippen LogP contribution < -0.4 is 10.2 Å². The first kappa shape index (κ1) is 9.10. The Kier molecular flexibility index (Phi) is 2.70. The maximum Gasteiger partial charge on any atom is 0.175 e. The molecule has 2 heterocycles. The van der Waals surface area contributed by atoms with Crippen LogP contribution in [0.25, 0.3) is 0 Å². The van der Waals surface area contributed by atoms with E-state index in [-0.39, 0.29) is 6.61 Å². The summed E-state index contributed by atoms with van der Waals surface area (Å²) in [5.74, 6) is 2.43. The third-order valence-electron chi connectivity index (χ3n) is 2.34. The molecule has 1 aromatic rings. The highest BCUT2D eigenvalue weighted by molar-refractivity contribution is 5.05. The molecule has 0 unspecified atom stereocenters. The van der Waals surface area contributed by atoms with Crippen molar-refractivity contribution in [3.8, 4) is 12.3 Å². The molecule has 0 aliphatic carbocycles. The zero-order chi connectivity index (χ0) is 9.80. The fraction of sp³-hybridized carbons (Fsp3) is 0.500. The number of imidazole rings is 1. The molecule has 4 nitrogen and oxygen atoms in total. The standard InChI is InChI=1S/C10H13N3O/c1-2-6-14-13-8-11-7-10(13)9-4-3-5-12-9/h1,7-9,12H,3-6H2/t9-/m0/s1. The summed E-state index contributed by atoms with van der Waals surface area (Å²) in [5, 5.41) is 3.38. The molecule has 0 spiro atoms. The van der Waals surface area contributed by atoms with Gasteiger partial charge < -0.3 is 10.2 Å². The molecule has 1 N–H and O–H groups in total. The lowest BCUT2D eigenvalue weighted by molar-refractivity contribution is 0.128. The molecule has 74 valence electrons. The number of aromatic nitrogens is 2. The topological polar surface area (TPSA) is 39.1 Å². The minimum absolute atomic E-state index is 0.274. The van der Waals surface area contributed by atoms with Gasteiger partial charge in [0, 0.05) is 0 Å². The largest absolute Gasteiger partial charge is 0.400 e. The van der Waals surface area contributed by atoms with Crippen LogP contribution in [-0.2, 0) is 0 Å². The van der Waals surface area contributed by atoms with Crippen molar-refractivity contribution in [3.05, 3.63) is 18.2 Å². The predicted molar refractivity (Wildman–Crippen MR) is 52.5 cm³/mol. The van der Waals surface area contributed by atoms with Gasteiger partial charge in [-0.1, -0.05) is 5.92 Å². The quantitative estimate of drug-likeness (QED) is 0.701. The molecule has 1 atom stereocenters. The van der Waals surface area contributed by atoms with Crippen LogP contribution in [0.2, 0.25) is 0 Å². The molecule has 0 amide bonds. The maximum absolute atomic E-state index is 5.32. The van der Waals surface area contributed by atoms with Gasteiger partial charge in [0.05, 0.1) is 17.9 Å². The molecule has 1 saturated heterocycles. The second-order valence-corrected chi connectivity index (χ2v) is 3.27. The van der Waals surface area contributed by atoms with Crippen molar-refractivity contribution in [3.63, 3.8) is 0 Å². The molecular weight excluding hydrogens is 178 g/mol. The van der Waals surface area contributed by atoms with Crippen LogP contribution in [-0.4, -0.2) is 22.9 Å². The van der Waals surface area contributed by atoms with Gasteiger partial charge in [-0.15, -0.1) is 6.42 Å². The first-order valence-corrected chi connectivity index (χ1v) is 4.74. The normalized spacial score (nSPS) is 20.6. The van der Waals surface area contributed by atoms with Crippen LogP contribution in [0.3, 0.4) is 0 Å². The maximum atomic E-state index is 5.32. The molecule has 1 aliphatic rings. The van der Waals surface area contributed by atoms with Crippen molar-refractivity contribution in [2.75, 3.05) is 13.2 Å². The highest BCUT2D eigenvalue weighted by atomic mass is 16.7. The smallest absolute Gasteiger partial charge is 0.175 e. The summed E-state index contributed by atoms with van der Waals surface area (Å²) in [6, 6.07) is 0.357. The van der Waals surface area contributed by atoms with E-state index < -0.39 is 0 Å². The fourth-order valence-corrected chi connectivity index (χ4v) is 1.69. The highest BCUT2D eigenvalue weighted by Gasteiger charge is 2.20. The van der Waals surface area contributed by atoms with Crippen molar-refractivity contribution in [1.82, 2.24) is 15.0 Å². The van der Waals surface area contributed by atoms with E-state index in [9.17, 15) is 0 Å². The Morgan fingerprint density at radius 1 is 1.79 bits per heavy atom. The molecule has 1 fully saturated rings. The molecule has 1 aromatic heterocycles. The summed E-state index contributed by atoms with van der Waals surface area (Å²) in [6.45, 7) is 1.33. The van der Waals surface area contributed by atoms with Crippen LogP contribution >= 0.6 is 0 Å². The molecule has 1 aliphatic heterocycles. The van der Waals surface area contributed by atoms with Gasteiger partial charge in [0.2, 0.25) is 0 Å². The summed E-state index contributed by atoms with van der Waals surface area (Å²) in [4.78, 5) is 9.37. The van der Waals surface area contributed by atoms with E-state index in [0.29, 0.717) is 6.04 Å². The number of hydrogen-bond donors (Lipinski definition) is 1. The number of terminal acetylenes is 1. The second kappa shape index (κ2) is 4.16. The number of nitrogens with zero attached hydrogens (tertiary/aromatic N) is 2. The SMILES string of the molecule is C#CCOn1cncc1[C@@H]1CCCN1. The lowest BCUT2D eigenvalue weighted by Gasteiger charge is -2.12. The van der Waals surface area contributed by atoms with Gasteiger partial charge in [-0.2, -0.15) is 4.73 Å². The van der Waals surface area contributed by atoms with Crippen LogP contribution in [0.15, 0.2) is 12.5 Å². The Hall–Kier alpha value is -1.47. The molecule has 4 heteroatoms. The molecule has 0 saturated carbocycles. The van der Waals surface area contributed by atoms with Gasteiger partial charge in [0.25, 0.3) is 0 Å². The summed E-state index contributed by atoms with van der Waals surface area (Å²) >= 11 is 0. The molecule has 0 radical (unpaired) electrons. The average Bonchev–Trinajstić information content (AvgIpc) is 2.84. The van der Waals surface area contributed by atoms with Crippen LogP contribution in [0.1, 0.15) is 24.6 Å². The van der Waals surface area contributed by atoms with Gasteiger partial charge in [-0.3, -0.25) is 0 Å². The molecule has 14 heavy (non-hydrogen) atoms. The zero-order valence-corrected chi connectivity index (χ0v) is 7.94. The van der Waals surface area contributed by atoms with Crippen molar-refractivity contribution < 1.29 is 4.84 Å². The van der Waals surface area contributed by atoms with E-state index in [1.807, 2.05) is 6.20 Å². The molecule has 0 bridgehead atoms. The molecular formula is C10H13N3O. The van der Waals surface area contributed by atoms with E-state index in [4.69, 9.17) is 11.3 Å². The average molecular weight is 191 g/mol. The number of rotatable bonds is 3. The summed E-state index contributed by atoms with van der Waals surface area (Å²) in [5.41, 5.74) is 1.05. The Labute approximate surface area is 83.2 Å². The van der Waals surface area contributed by atoms with Crippen LogP contribution in [0.4, 0.5) is 0 Å². The molecule has 2 rings (SSSR count). The van der Waals surface area contributed by atoms with E-state index in [1.165, 1.54) is 6.42 Å². The summed E-state index contributed by atoms with van der Waals surface area (Å²) < 4.78 is 1.66. The van der Waals surface area contributed by atoms with E-state index in [1.54, 1.807) is 11.1 Å². The number of nitrogens with one attached hydrogen (secondary N) is 1. The van der Waals surface area contributed by atoms with Crippen molar-refractivity contribution in [2.45, 2.75) is 18.9 Å². The third kappa shape index (κ3) is 1.73. The van der Waals surface area contributed by atoms with Crippen molar-refractivity contribution in [2.24, 2.45) is 0 Å². The van der Waals surface area contributed by atoms with Crippen LogP contribution in [0.5, 0.6) is 0 Å². The minimum Gasteiger partial charge on any atom is -0.400 e. The first-order chi connectivity index (χ1) is 6.92. The lowest BCUT2D eigenvalue weighted by Crippen LogP contribution is -2.20. The lowest BCUT2D eigenvalue weighted by atomic mass is 10.2. The summed E-state index contributed by atoms with van der Waals surface area (Å²) in [6.07, 6.45) is 10.9. The monoisotopic (exact) mass is 191 g/mol. The summed E-state index contributed by atoms with van der Waals surface area (Å²) in [7, 11) is 0. The minimum atomic E-state index is 0.274. The van der Waals surface area contributed by atoms with E-state index >= 15 is 0 Å². The number of hydrogen-bond acceptors (Lipinski definition) is 3. The Morgan fingerprint density at radius 2 is 2.71 bits per heavy atom. The van der Waals surface area contributed by atoms with Crippen molar-refractivity contribution in [1.29, 1.82) is 0 Å². The molecule has 0 aromatic carbocycles. The van der Waals surface area contributed by atoms with Gasteiger partial charge in [-0.05, 0) is 19.4 Å². The van der Waals surface area contributed by atoms with Crippen LogP contribution in [0, 0.1) is 12.3 Å². The van der Waals surface area contributed by atoms with Gasteiger partial charge in [0.15, 0.2) is 6.61 Å². The zero-order valence-electron chi connectivity index (χ0n) is 7.94. The van der Waals surface area contributed by atoms with Gasteiger partial charge in [-0.25, -0.2) is 4.98 Å². The highest BCUT2D eigenvalue weighted by Crippen LogP contribution is 2.21. The van der Waals surface area contributed by atoms with Gasteiger partial charge >= 0.3 is 0 Å². The Bertz CT molecular complexity index is 333. The van der Waals surface area contributed by atoms with E-state index in [2.05, 4.69) is 16.2 Å². The Morgan fingerprint density at radius 3 is 3.43 bits per heavy atom. The van der Waals surface area contributed by atoms with Gasteiger partial charge in [0.1, 0.15) is 6.33 Å². The fourth-order valence-electron chi connectivity index (χ4n) is 1.69. The Balaban J connectivity index is 2.08. The first-order valence-electron chi connectivity index (χ1n) is 4.74. The predicted octanol–water partition coefficient (Wildman–Crippen LogP) is 0.369.